The number of rotatable bonds is 7. The highest BCUT2D eigenvalue weighted by Gasteiger charge is 2.24. The molecule has 1 aromatic carbocycles. The standard InChI is InChI=1S/C32H32Cl2N10O2/c1-19-4-2-6-28(43-18-40-24(14-30(43)45)23-13-21(33)7-8-27(23)44(37)17-29(34)36)25-12-20(9-11-39-25)31(26(15-35)42-32(19)46)41-22-5-3-10-38-16-22/h3,5,7-19,28,35,41H,2,4,6,36-37H2,1H3,(H,42,46)/b29-17-,31-26+,35-15?. The zero-order chi connectivity index (χ0) is 32.8. The average Bonchev–Trinajstić information content (AvgIpc) is 3.04. The third kappa shape index (κ3) is 7.42. The summed E-state index contributed by atoms with van der Waals surface area (Å²) >= 11 is 12.1. The van der Waals surface area contributed by atoms with Gasteiger partial charge in [0.1, 0.15) is 5.16 Å². The number of halogens is 2. The zero-order valence-corrected chi connectivity index (χ0v) is 26.3. The van der Waals surface area contributed by atoms with Crippen molar-refractivity contribution in [1.82, 2.24) is 24.8 Å². The number of fused-ring (bicyclic) bond motifs is 2. The van der Waals surface area contributed by atoms with Crippen molar-refractivity contribution in [2.75, 3.05) is 10.3 Å². The molecule has 4 aromatic rings. The van der Waals surface area contributed by atoms with Crippen LogP contribution in [-0.2, 0) is 4.79 Å². The zero-order valence-electron chi connectivity index (χ0n) is 24.8. The second-order valence-corrected chi connectivity index (χ2v) is 11.6. The lowest BCUT2D eigenvalue weighted by atomic mass is 9.96. The van der Waals surface area contributed by atoms with Crippen LogP contribution in [0, 0.1) is 11.3 Å². The molecular weight excluding hydrogens is 627 g/mol. The molecule has 3 aromatic heterocycles. The second kappa shape index (κ2) is 14.4. The van der Waals surface area contributed by atoms with Gasteiger partial charge in [-0.15, -0.1) is 0 Å². The molecule has 5 rings (SSSR count). The summed E-state index contributed by atoms with van der Waals surface area (Å²) in [6.45, 7) is 1.84. The van der Waals surface area contributed by atoms with E-state index >= 15 is 0 Å². The van der Waals surface area contributed by atoms with Crippen molar-refractivity contribution >= 4 is 52.4 Å². The van der Waals surface area contributed by atoms with E-state index in [1.165, 1.54) is 28.2 Å². The van der Waals surface area contributed by atoms with Crippen molar-refractivity contribution in [2.45, 2.75) is 32.2 Å². The Balaban J connectivity index is 1.60. The number of hydrogen-bond donors (Lipinski definition) is 5. The molecule has 0 saturated heterocycles. The molecule has 1 amide bonds. The van der Waals surface area contributed by atoms with Crippen molar-refractivity contribution in [3.05, 3.63) is 117 Å². The van der Waals surface area contributed by atoms with Crippen LogP contribution in [0.5, 0.6) is 0 Å². The number of hydrogen-bond acceptors (Lipinski definition) is 10. The quantitative estimate of drug-likeness (QED) is 0.0791. The predicted octanol–water partition coefficient (Wildman–Crippen LogP) is 4.99. The molecule has 4 heterocycles. The van der Waals surface area contributed by atoms with E-state index in [-0.39, 0.29) is 28.2 Å². The van der Waals surface area contributed by atoms with Crippen molar-refractivity contribution in [2.24, 2.45) is 17.5 Å². The maximum absolute atomic E-state index is 13.8. The molecular formula is C32H32Cl2N10O2. The molecule has 1 aliphatic heterocycles. The van der Waals surface area contributed by atoms with E-state index in [9.17, 15) is 9.59 Å². The SMILES string of the molecule is CC1CCCC(n2cnc(-c3cc(Cl)ccc3N(N)/C=C(\N)Cl)cc2=O)c2cc(ccn2)/C(Nc2cccnc2)=C(/C=N)NC1=O. The Morgan fingerprint density at radius 2 is 1.98 bits per heavy atom. The summed E-state index contributed by atoms with van der Waals surface area (Å²) in [6.07, 6.45) is 10.5. The monoisotopic (exact) mass is 658 g/mol. The summed E-state index contributed by atoms with van der Waals surface area (Å²) in [5, 5.41) is 16.0. The molecule has 2 atom stereocenters. The van der Waals surface area contributed by atoms with Crippen LogP contribution in [0.25, 0.3) is 17.0 Å². The van der Waals surface area contributed by atoms with Gasteiger partial charge in [0.2, 0.25) is 5.91 Å². The fraction of sp³-hybridized carbons (Fsp3) is 0.188. The molecule has 2 bridgehead atoms. The topological polar surface area (TPSA) is 181 Å². The summed E-state index contributed by atoms with van der Waals surface area (Å²) < 4.78 is 1.53. The molecule has 12 nitrogen and oxygen atoms in total. The van der Waals surface area contributed by atoms with Gasteiger partial charge in [-0.05, 0) is 55.3 Å². The predicted molar refractivity (Wildman–Crippen MR) is 181 cm³/mol. The molecule has 0 radical (unpaired) electrons. The largest absolute Gasteiger partial charge is 0.388 e. The third-order valence-electron chi connectivity index (χ3n) is 7.52. The summed E-state index contributed by atoms with van der Waals surface area (Å²) in [5.74, 6) is 5.60. The van der Waals surface area contributed by atoms with E-state index in [1.807, 2.05) is 19.1 Å². The minimum Gasteiger partial charge on any atom is -0.388 e. The normalized spacial score (nSPS) is 19.0. The lowest BCUT2D eigenvalue weighted by Gasteiger charge is -2.24. The van der Waals surface area contributed by atoms with E-state index in [1.54, 1.807) is 48.9 Å². The summed E-state index contributed by atoms with van der Waals surface area (Å²) in [7, 11) is 0. The average molecular weight is 660 g/mol. The number of anilines is 2. The lowest BCUT2D eigenvalue weighted by molar-refractivity contribution is -0.123. The van der Waals surface area contributed by atoms with Crippen LogP contribution in [0.4, 0.5) is 11.4 Å². The van der Waals surface area contributed by atoms with E-state index in [0.29, 0.717) is 63.9 Å². The van der Waals surface area contributed by atoms with Gasteiger partial charge >= 0.3 is 0 Å². The number of nitrogens with zero attached hydrogens (tertiary/aromatic N) is 5. The molecule has 1 aliphatic rings. The maximum Gasteiger partial charge on any atom is 0.254 e. The van der Waals surface area contributed by atoms with Crippen molar-refractivity contribution in [3.8, 4) is 11.3 Å². The maximum atomic E-state index is 13.8. The van der Waals surface area contributed by atoms with Gasteiger partial charge < -0.3 is 21.8 Å². The van der Waals surface area contributed by atoms with Crippen LogP contribution < -0.4 is 32.8 Å². The van der Waals surface area contributed by atoms with Crippen molar-refractivity contribution in [1.29, 1.82) is 5.41 Å². The first-order valence-electron chi connectivity index (χ1n) is 14.4. The first kappa shape index (κ1) is 32.4. The number of benzene rings is 1. The van der Waals surface area contributed by atoms with Gasteiger partial charge in [0, 0.05) is 46.7 Å². The number of hydrazine groups is 1. The Labute approximate surface area is 275 Å². The fourth-order valence-electron chi connectivity index (χ4n) is 5.20. The summed E-state index contributed by atoms with van der Waals surface area (Å²) in [6, 6.07) is 13.1. The third-order valence-corrected chi connectivity index (χ3v) is 7.86. The van der Waals surface area contributed by atoms with E-state index in [4.69, 9.17) is 40.2 Å². The molecule has 7 N–H and O–H groups in total. The number of carbonyl (C=O) groups is 1. The van der Waals surface area contributed by atoms with Gasteiger partial charge in [-0.3, -0.25) is 29.1 Å². The summed E-state index contributed by atoms with van der Waals surface area (Å²) in [5.41, 5.74) is 9.31. The van der Waals surface area contributed by atoms with Crippen molar-refractivity contribution < 1.29 is 4.79 Å². The Morgan fingerprint density at radius 1 is 1.15 bits per heavy atom. The van der Waals surface area contributed by atoms with Crippen LogP contribution in [0.1, 0.15) is 43.5 Å². The number of carbonyl (C=O) groups excluding carboxylic acids is 1. The lowest BCUT2D eigenvalue weighted by Crippen LogP contribution is -2.31. The molecule has 0 aliphatic carbocycles. The number of aromatic nitrogens is 4. The summed E-state index contributed by atoms with van der Waals surface area (Å²) in [4.78, 5) is 40.4. The smallest absolute Gasteiger partial charge is 0.254 e. The fourth-order valence-corrected chi connectivity index (χ4v) is 5.48. The Hall–Kier alpha value is -5.04. The van der Waals surface area contributed by atoms with Gasteiger partial charge in [0.05, 0.1) is 58.9 Å². The number of nitrogens with two attached hydrogens (primary N) is 2. The van der Waals surface area contributed by atoms with Gasteiger partial charge in [-0.2, -0.15) is 0 Å². The molecule has 236 valence electrons. The van der Waals surface area contributed by atoms with E-state index in [0.717, 1.165) is 6.21 Å². The molecule has 0 fully saturated rings. The highest BCUT2D eigenvalue weighted by Crippen LogP contribution is 2.32. The molecule has 2 unspecified atom stereocenters. The van der Waals surface area contributed by atoms with Gasteiger partial charge in [-0.25, -0.2) is 10.8 Å². The second-order valence-electron chi connectivity index (χ2n) is 10.7. The van der Waals surface area contributed by atoms with Crippen LogP contribution in [-0.4, -0.2) is 31.6 Å². The first-order valence-corrected chi connectivity index (χ1v) is 15.1. The molecule has 0 spiro atoms. The van der Waals surface area contributed by atoms with E-state index < -0.39 is 6.04 Å². The van der Waals surface area contributed by atoms with Crippen LogP contribution in [0.3, 0.4) is 0 Å². The Kier molecular flexibility index (Phi) is 10.1. The highest BCUT2D eigenvalue weighted by atomic mass is 35.5. The van der Waals surface area contributed by atoms with Crippen LogP contribution in [0.15, 0.2) is 95.3 Å². The highest BCUT2D eigenvalue weighted by molar-refractivity contribution is 6.31. The Bertz CT molecular complexity index is 1870. The number of allylic oxidation sites excluding steroid dienone is 1. The van der Waals surface area contributed by atoms with Gasteiger partial charge in [-0.1, -0.05) is 36.5 Å². The minimum atomic E-state index is -0.504. The Morgan fingerprint density at radius 3 is 2.70 bits per heavy atom. The van der Waals surface area contributed by atoms with Crippen LogP contribution >= 0.6 is 23.2 Å². The van der Waals surface area contributed by atoms with Gasteiger partial charge in [0.25, 0.3) is 5.56 Å². The van der Waals surface area contributed by atoms with Crippen molar-refractivity contribution in [3.63, 3.8) is 0 Å². The number of amides is 1. The van der Waals surface area contributed by atoms with E-state index in [2.05, 4.69) is 25.6 Å². The minimum absolute atomic E-state index is 0.0304. The van der Waals surface area contributed by atoms with Gasteiger partial charge in [0.15, 0.2) is 0 Å². The first-order chi connectivity index (χ1) is 22.1. The number of nitrogens with one attached hydrogen (secondary N) is 3. The molecule has 14 heteroatoms. The van der Waals surface area contributed by atoms with Crippen LogP contribution in [0.2, 0.25) is 5.02 Å². The molecule has 46 heavy (non-hydrogen) atoms. The number of pyridine rings is 2. The molecule has 0 saturated carbocycles.